The van der Waals surface area contributed by atoms with Gasteiger partial charge in [-0.15, -0.1) is 0 Å². The van der Waals surface area contributed by atoms with Crippen molar-refractivity contribution in [3.8, 4) is 11.3 Å². The molecule has 182 valence electrons. The summed E-state index contributed by atoms with van der Waals surface area (Å²) < 4.78 is 7.90. The number of piperazine rings is 1. The third-order valence-electron chi connectivity index (χ3n) is 6.30. The highest BCUT2D eigenvalue weighted by molar-refractivity contribution is 6.76. The average Bonchev–Trinajstić information content (AvgIpc) is 3.19. The molecule has 1 fully saturated rings. The zero-order chi connectivity index (χ0) is 24.3. The van der Waals surface area contributed by atoms with E-state index in [1.807, 2.05) is 53.2 Å². The maximum Gasteiger partial charge on any atom is 0.253 e. The molecular weight excluding hydrogens is 444 g/mol. The summed E-state index contributed by atoms with van der Waals surface area (Å²) in [5.74, 6) is 0.876. The fourth-order valence-corrected chi connectivity index (χ4v) is 4.77. The van der Waals surface area contributed by atoms with Crippen LogP contribution in [-0.2, 0) is 11.5 Å². The van der Waals surface area contributed by atoms with Crippen molar-refractivity contribution in [3.63, 3.8) is 0 Å². The normalized spacial score (nSPS) is 15.1. The number of hydrogen-bond acceptors (Lipinski definition) is 6. The number of hydrogen-bond donors (Lipinski definition) is 1. The van der Waals surface area contributed by atoms with Gasteiger partial charge in [0, 0.05) is 76.7 Å². The summed E-state index contributed by atoms with van der Waals surface area (Å²) >= 11 is 0. The molecule has 0 aliphatic carbocycles. The van der Waals surface area contributed by atoms with Gasteiger partial charge in [0.15, 0.2) is 0 Å². The number of likely N-dealkylation sites (N-methyl/N-ethyl adjacent to an activating group) is 1. The Bertz CT molecular complexity index is 1130. The van der Waals surface area contributed by atoms with Gasteiger partial charge in [0.1, 0.15) is 18.2 Å². The Labute approximate surface area is 202 Å². The van der Waals surface area contributed by atoms with Crippen LogP contribution < -0.4 is 5.32 Å². The molecule has 0 unspecified atom stereocenters. The second-order valence-corrected chi connectivity index (χ2v) is 15.8. The quantitative estimate of drug-likeness (QED) is 0.390. The number of pyridine rings is 1. The van der Waals surface area contributed by atoms with Gasteiger partial charge in [-0.05, 0) is 25.2 Å². The van der Waals surface area contributed by atoms with Gasteiger partial charge in [0.25, 0.3) is 5.91 Å². The van der Waals surface area contributed by atoms with Crippen LogP contribution in [0.5, 0.6) is 0 Å². The molecule has 34 heavy (non-hydrogen) atoms. The van der Waals surface area contributed by atoms with E-state index in [0.29, 0.717) is 12.3 Å². The predicted octanol–water partition coefficient (Wildman–Crippen LogP) is 3.84. The molecule has 1 saturated heterocycles. The molecule has 1 aliphatic rings. The highest BCUT2D eigenvalue weighted by Gasteiger charge is 2.21. The molecule has 1 N–H and O–H groups in total. The Morgan fingerprint density at radius 3 is 2.47 bits per heavy atom. The van der Waals surface area contributed by atoms with Gasteiger partial charge in [0.05, 0.1) is 5.52 Å². The minimum Gasteiger partial charge on any atom is -0.373 e. The van der Waals surface area contributed by atoms with Crippen molar-refractivity contribution in [1.29, 1.82) is 0 Å². The van der Waals surface area contributed by atoms with Crippen molar-refractivity contribution in [1.82, 2.24) is 24.6 Å². The molecule has 0 spiro atoms. The molecule has 4 rings (SSSR count). The van der Waals surface area contributed by atoms with Crippen molar-refractivity contribution in [2.75, 3.05) is 52.2 Å². The van der Waals surface area contributed by atoms with Crippen LogP contribution in [0.25, 0.3) is 22.2 Å². The van der Waals surface area contributed by atoms with Gasteiger partial charge in [-0.2, -0.15) is 5.10 Å². The maximum absolute atomic E-state index is 12.9. The van der Waals surface area contributed by atoms with Crippen molar-refractivity contribution in [3.05, 3.63) is 42.1 Å². The topological polar surface area (TPSA) is 75.5 Å². The Kier molecular flexibility index (Phi) is 7.35. The Morgan fingerprint density at radius 1 is 1.12 bits per heavy atom. The molecule has 1 amide bonds. The minimum atomic E-state index is -1.15. The molecule has 3 aromatic rings. The third kappa shape index (κ3) is 5.65. The van der Waals surface area contributed by atoms with Gasteiger partial charge in [-0.3, -0.25) is 4.79 Å². The molecule has 9 heteroatoms. The number of carbonyl (C=O) groups excluding carboxylic acids is 1. The second-order valence-electron chi connectivity index (χ2n) is 10.2. The first-order chi connectivity index (χ1) is 16.2. The molecule has 1 aliphatic heterocycles. The molecule has 1 aromatic carbocycles. The van der Waals surface area contributed by atoms with E-state index >= 15 is 0 Å². The van der Waals surface area contributed by atoms with Gasteiger partial charge in [-0.25, -0.2) is 9.67 Å². The third-order valence-corrected chi connectivity index (χ3v) is 8.00. The summed E-state index contributed by atoms with van der Waals surface area (Å²) in [6.07, 6.45) is 1.85. The van der Waals surface area contributed by atoms with Crippen molar-refractivity contribution in [2.45, 2.75) is 32.4 Å². The Morgan fingerprint density at radius 2 is 1.82 bits per heavy atom. The first-order valence-corrected chi connectivity index (χ1v) is 15.7. The summed E-state index contributed by atoms with van der Waals surface area (Å²) in [6, 6.07) is 10.9. The van der Waals surface area contributed by atoms with Gasteiger partial charge >= 0.3 is 0 Å². The van der Waals surface area contributed by atoms with Crippen LogP contribution in [0.2, 0.25) is 25.7 Å². The zero-order valence-electron chi connectivity index (χ0n) is 21.0. The fraction of sp³-hybridized carbons (Fsp3) is 0.480. The first kappa shape index (κ1) is 24.4. The van der Waals surface area contributed by atoms with Crippen LogP contribution in [0.15, 0.2) is 36.5 Å². The van der Waals surface area contributed by atoms with E-state index in [2.05, 4.69) is 41.9 Å². The highest BCUT2D eigenvalue weighted by Crippen LogP contribution is 2.29. The Hall–Kier alpha value is -2.75. The summed E-state index contributed by atoms with van der Waals surface area (Å²) in [6.45, 7) is 11.5. The number of carbonyl (C=O) groups is 1. The maximum atomic E-state index is 12.9. The van der Waals surface area contributed by atoms with Crippen molar-refractivity contribution >= 4 is 30.7 Å². The first-order valence-electron chi connectivity index (χ1n) is 12.0. The van der Waals surface area contributed by atoms with E-state index in [0.717, 1.165) is 66.8 Å². The van der Waals surface area contributed by atoms with E-state index in [-0.39, 0.29) is 5.91 Å². The van der Waals surface area contributed by atoms with Crippen LogP contribution in [0.1, 0.15) is 10.4 Å². The number of nitrogens with zero attached hydrogens (tertiary/aromatic N) is 5. The monoisotopic (exact) mass is 480 g/mol. The number of aromatic nitrogens is 3. The second kappa shape index (κ2) is 10.2. The fourth-order valence-electron chi connectivity index (χ4n) is 4.01. The lowest BCUT2D eigenvalue weighted by Gasteiger charge is -2.32. The van der Waals surface area contributed by atoms with Gasteiger partial charge < -0.3 is 19.9 Å². The van der Waals surface area contributed by atoms with Crippen LogP contribution in [-0.4, -0.2) is 85.4 Å². The van der Waals surface area contributed by atoms with Crippen LogP contribution >= 0.6 is 0 Å². The number of ether oxygens (including phenoxy) is 1. The van der Waals surface area contributed by atoms with Crippen molar-refractivity contribution in [2.24, 2.45) is 0 Å². The summed E-state index contributed by atoms with van der Waals surface area (Å²) in [5, 5.41) is 8.94. The van der Waals surface area contributed by atoms with E-state index in [1.54, 1.807) is 0 Å². The number of nitrogens with one attached hydrogen (secondary N) is 1. The SMILES string of the molecule is CNc1cc2c(cn1)c(-c1ccc(C(=O)N3CCN(C)CC3)cc1)nn2COCC[Si](C)(C)C. The van der Waals surface area contributed by atoms with E-state index in [9.17, 15) is 4.79 Å². The lowest BCUT2D eigenvalue weighted by atomic mass is 10.1. The van der Waals surface area contributed by atoms with Gasteiger partial charge in [0.2, 0.25) is 0 Å². The average molecular weight is 481 g/mol. The molecule has 8 nitrogen and oxygen atoms in total. The number of anilines is 1. The minimum absolute atomic E-state index is 0.0890. The van der Waals surface area contributed by atoms with Crippen LogP contribution in [0, 0.1) is 0 Å². The van der Waals surface area contributed by atoms with E-state index in [4.69, 9.17) is 9.84 Å². The molecule has 0 atom stereocenters. The predicted molar refractivity (Wildman–Crippen MR) is 140 cm³/mol. The molecule has 0 bridgehead atoms. The zero-order valence-corrected chi connectivity index (χ0v) is 22.0. The molecular formula is C25H36N6O2Si. The Balaban J connectivity index is 1.56. The summed E-state index contributed by atoms with van der Waals surface area (Å²) in [5.41, 5.74) is 3.49. The number of rotatable bonds is 8. The summed E-state index contributed by atoms with van der Waals surface area (Å²) in [7, 11) is 2.80. The van der Waals surface area contributed by atoms with E-state index < -0.39 is 8.07 Å². The smallest absolute Gasteiger partial charge is 0.253 e. The number of amides is 1. The van der Waals surface area contributed by atoms with E-state index in [1.165, 1.54) is 0 Å². The van der Waals surface area contributed by atoms with Crippen LogP contribution in [0.4, 0.5) is 5.82 Å². The standard InChI is InChI=1S/C25H36N6O2Si/c1-26-23-16-22-21(17-27-23)24(28-31(22)18-33-14-15-34(3,4)5)19-6-8-20(9-7-19)25(32)30-12-10-29(2)11-13-30/h6-9,16-17H,10-15,18H2,1-5H3,(H,26,27). The number of benzene rings is 1. The largest absolute Gasteiger partial charge is 0.373 e. The lowest BCUT2D eigenvalue weighted by Crippen LogP contribution is -2.47. The molecule has 0 radical (unpaired) electrons. The molecule has 0 saturated carbocycles. The molecule has 2 aromatic heterocycles. The van der Waals surface area contributed by atoms with Gasteiger partial charge in [-0.1, -0.05) is 31.8 Å². The summed E-state index contributed by atoms with van der Waals surface area (Å²) in [4.78, 5) is 21.6. The molecule has 3 heterocycles. The number of fused-ring (bicyclic) bond motifs is 1. The highest BCUT2D eigenvalue weighted by atomic mass is 28.3. The lowest BCUT2D eigenvalue weighted by molar-refractivity contribution is 0.0664. The van der Waals surface area contributed by atoms with Crippen molar-refractivity contribution < 1.29 is 9.53 Å². The van der Waals surface area contributed by atoms with Crippen LogP contribution in [0.3, 0.4) is 0 Å².